The molecule has 4 aliphatic rings. The van der Waals surface area contributed by atoms with Gasteiger partial charge in [0.15, 0.2) is 19.4 Å². The zero-order valence-corrected chi connectivity index (χ0v) is 54.3. The number of ether oxygens (including phenoxy) is 13. The number of hydrogen-bond acceptors (Lipinski definition) is 23. The maximum absolute atomic E-state index is 14.0. The van der Waals surface area contributed by atoms with Crippen LogP contribution in [0.3, 0.4) is 0 Å². The number of alkyl carbamates (subject to hydrolysis) is 4. The summed E-state index contributed by atoms with van der Waals surface area (Å²) in [5, 5.41) is 59.6. The highest BCUT2D eigenvalue weighted by Gasteiger charge is 2.53. The van der Waals surface area contributed by atoms with Crippen LogP contribution in [-0.4, -0.2) is 207 Å². The van der Waals surface area contributed by atoms with Gasteiger partial charge in [0.25, 0.3) is 0 Å². The number of carbonyl (C=O) groups excluding carboxylic acids is 5. The van der Waals surface area contributed by atoms with Gasteiger partial charge < -0.3 is 109 Å². The number of methoxy groups -OCH3 is 2. The Morgan fingerprint density at radius 1 is 0.764 bits per heavy atom. The monoisotopic (exact) mass is 1270 g/mol. The molecule has 0 bridgehead atoms. The fourth-order valence-electron chi connectivity index (χ4n) is 10.8. The molecule has 1 saturated carbocycles. The average Bonchev–Trinajstić information content (AvgIpc) is 1.88. The van der Waals surface area contributed by atoms with Crippen LogP contribution in [0.1, 0.15) is 142 Å². The third-order valence-corrected chi connectivity index (χ3v) is 14.9. The van der Waals surface area contributed by atoms with Crippen molar-refractivity contribution in [3.8, 4) is 11.5 Å². The van der Waals surface area contributed by atoms with Crippen LogP contribution in [0.5, 0.6) is 11.5 Å². The number of fused-ring (bicyclic) bond motifs is 1. The number of nitrogens with one attached hydrogen (secondary N) is 5. The van der Waals surface area contributed by atoms with Crippen LogP contribution in [0, 0.1) is 12.8 Å². The van der Waals surface area contributed by atoms with E-state index in [0.29, 0.717) is 46.6 Å². The molecule has 1 aliphatic carbocycles. The molecule has 2 saturated heterocycles. The first-order chi connectivity index (χ1) is 41.5. The van der Waals surface area contributed by atoms with Gasteiger partial charge in [0.2, 0.25) is 0 Å². The topological polar surface area (TPSA) is 363 Å². The molecule has 9 N–H and O–H groups in total. The summed E-state index contributed by atoms with van der Waals surface area (Å²) < 4.78 is 75.4. The molecule has 13 atom stereocenters. The quantitative estimate of drug-likeness (QED) is 0.0192. The van der Waals surface area contributed by atoms with Crippen molar-refractivity contribution >= 4 is 36.3 Å². The summed E-state index contributed by atoms with van der Waals surface area (Å²) in [5.74, 6) is -1.82. The zero-order chi connectivity index (χ0) is 66.3. The molecule has 28 heteroatoms. The second-order valence-electron chi connectivity index (χ2n) is 26.0. The van der Waals surface area contributed by atoms with Gasteiger partial charge in [0, 0.05) is 24.8 Å². The Kier molecular flexibility index (Phi) is 26.7. The van der Waals surface area contributed by atoms with Crippen LogP contribution in [-0.2, 0) is 69.9 Å². The highest BCUT2D eigenvalue weighted by atomic mass is 16.7. The Balaban J connectivity index is 1.39. The molecular formula is C61H97N5O23. The van der Waals surface area contributed by atoms with Crippen LogP contribution < -0.4 is 36.1 Å². The third-order valence-electron chi connectivity index (χ3n) is 14.9. The maximum Gasteiger partial charge on any atom is 0.408 e. The first kappa shape index (κ1) is 73.7. The van der Waals surface area contributed by atoms with Crippen molar-refractivity contribution < 1.29 is 111 Å². The summed E-state index contributed by atoms with van der Waals surface area (Å²) in [6.45, 7) is 21.5. The molecule has 1 aromatic carbocycles. The minimum absolute atomic E-state index is 0.0486. The second-order valence-corrected chi connectivity index (χ2v) is 26.0. The van der Waals surface area contributed by atoms with Crippen molar-refractivity contribution in [2.75, 3.05) is 61.0 Å². The Morgan fingerprint density at radius 2 is 1.34 bits per heavy atom. The Labute approximate surface area is 520 Å². The number of likely N-dealkylation sites (N-methyl/N-ethyl adjacent to an activating group) is 1. The molecule has 0 spiro atoms. The number of allylic oxidation sites excluding steroid dienone is 3. The Bertz CT molecular complexity index is 2650. The van der Waals surface area contributed by atoms with Gasteiger partial charge in [-0.05, 0) is 147 Å². The number of esters is 1. The minimum Gasteiger partial charge on any atom is -0.496 e. The van der Waals surface area contributed by atoms with E-state index < -0.39 is 132 Å². The third kappa shape index (κ3) is 22.1. The number of cyclic esters (lactones) is 1. The highest BCUT2D eigenvalue weighted by Crippen LogP contribution is 2.43. The molecule has 1 aromatic rings. The lowest BCUT2D eigenvalue weighted by Crippen LogP contribution is -2.70. The lowest BCUT2D eigenvalue weighted by Gasteiger charge is -2.49. The lowest BCUT2D eigenvalue weighted by atomic mass is 9.83. The minimum atomic E-state index is -1.85. The van der Waals surface area contributed by atoms with E-state index in [1.807, 2.05) is 13.0 Å². The fourth-order valence-corrected chi connectivity index (χ4v) is 10.8. The van der Waals surface area contributed by atoms with Gasteiger partial charge in [-0.1, -0.05) is 17.2 Å². The molecule has 0 radical (unpaired) electrons. The normalized spacial score (nSPS) is 27.0. The van der Waals surface area contributed by atoms with E-state index in [1.54, 1.807) is 82.2 Å². The lowest BCUT2D eigenvalue weighted by molar-refractivity contribution is -0.308. The summed E-state index contributed by atoms with van der Waals surface area (Å²) in [7, 11) is 4.56. The van der Waals surface area contributed by atoms with E-state index >= 15 is 0 Å². The molecule has 89 heavy (non-hydrogen) atoms. The van der Waals surface area contributed by atoms with Crippen LogP contribution >= 0.6 is 0 Å². The number of carboxylic acid groups (broad SMARTS) is 1. The van der Waals surface area contributed by atoms with Crippen LogP contribution in [0.25, 0.3) is 0 Å². The summed E-state index contributed by atoms with van der Waals surface area (Å²) in [6, 6.07) is -4.48. The average molecular weight is 1270 g/mol. The Morgan fingerprint density at radius 3 is 1.91 bits per heavy atom. The van der Waals surface area contributed by atoms with Gasteiger partial charge in [0.05, 0.1) is 63.1 Å². The maximum atomic E-state index is 14.0. The largest absolute Gasteiger partial charge is 0.496 e. The summed E-state index contributed by atoms with van der Waals surface area (Å²) in [5.41, 5.74) is -0.859. The number of hydrogen-bond donors (Lipinski definition) is 9. The van der Waals surface area contributed by atoms with Crippen LogP contribution in [0.15, 0.2) is 23.3 Å². The number of carboxylic acids is 1. The predicted octanol–water partition coefficient (Wildman–Crippen LogP) is 5.09. The van der Waals surface area contributed by atoms with Crippen LogP contribution in [0.2, 0.25) is 0 Å². The van der Waals surface area contributed by atoms with Crippen LogP contribution in [0.4, 0.5) is 19.2 Å². The van der Waals surface area contributed by atoms with E-state index in [1.165, 1.54) is 28.2 Å². The Hall–Kier alpha value is -6.08. The summed E-state index contributed by atoms with van der Waals surface area (Å²) in [6.07, 6.45) is -9.66. The molecule has 0 aromatic heterocycles. The van der Waals surface area contributed by atoms with Gasteiger partial charge in [-0.15, -0.1) is 0 Å². The number of carbonyl (C=O) groups is 6. The molecule has 28 nitrogen and oxygen atoms in total. The van der Waals surface area contributed by atoms with Crippen molar-refractivity contribution in [1.82, 2.24) is 26.6 Å². The number of rotatable bonds is 26. The van der Waals surface area contributed by atoms with Crippen molar-refractivity contribution in [2.45, 2.75) is 225 Å². The van der Waals surface area contributed by atoms with E-state index in [2.05, 4.69) is 26.6 Å². The number of aliphatic hydroxyl groups is 3. The standard InChI is InChI=1S/C61H97N5O23/c1-32(17-19-37-45(78-16)34(3)38-29-81-51(71)42(38)46(37)83-31-79-24-23-77-15)25-35(50(69)70)26-33(2)21-22-80-55(73)65-40-27-41(66-57(75)89-60(10,11)12)47(43(67)48(40)86-53-44(68)49(62-14)61(13,76)30-82-53)85-52-39(64-56(74)88-59(7,8)9)20-18-36(84-52)28-63-54(72)87-58(4,5)6/h17,21,35-36,39-41,43-44,47-49,52-53,62,67-68,76H,18-20,22-31H2,1-16H3,(H,63,72)(H,64,74)(H,65,73)(H,66,75)(H,69,70)/b32-17+,33-21+/t35?,36?,39?,40-,41?,43+,44?,47-,48?,49?,52-,53-,61+/m1/s1. The van der Waals surface area contributed by atoms with E-state index in [9.17, 15) is 49.2 Å². The van der Waals surface area contributed by atoms with Crippen molar-refractivity contribution in [2.24, 2.45) is 5.92 Å². The molecule has 7 unspecified atom stereocenters. The fraction of sp³-hybridized carbons (Fsp3) is 0.738. The van der Waals surface area contributed by atoms with Gasteiger partial charge in [-0.3, -0.25) is 4.79 Å². The number of amides is 4. The molecule has 3 aliphatic heterocycles. The van der Waals surface area contributed by atoms with Gasteiger partial charge >= 0.3 is 36.3 Å². The van der Waals surface area contributed by atoms with Crippen molar-refractivity contribution in [3.63, 3.8) is 0 Å². The van der Waals surface area contributed by atoms with Gasteiger partial charge in [0.1, 0.15) is 77.1 Å². The zero-order valence-electron chi connectivity index (χ0n) is 54.3. The molecule has 3 fully saturated rings. The number of aliphatic carboxylic acids is 1. The molecule has 4 amide bonds. The van der Waals surface area contributed by atoms with Gasteiger partial charge in [-0.25, -0.2) is 24.0 Å². The summed E-state index contributed by atoms with van der Waals surface area (Å²) >= 11 is 0. The predicted molar refractivity (Wildman–Crippen MR) is 318 cm³/mol. The first-order valence-electron chi connectivity index (χ1n) is 29.9. The van der Waals surface area contributed by atoms with Crippen molar-refractivity contribution in [1.29, 1.82) is 0 Å². The molecule has 5 rings (SSSR count). The molecule has 504 valence electrons. The molecular weight excluding hydrogens is 1170 g/mol. The van der Waals surface area contributed by atoms with E-state index in [-0.39, 0.29) is 83.2 Å². The van der Waals surface area contributed by atoms with E-state index in [4.69, 9.17) is 61.6 Å². The highest BCUT2D eigenvalue weighted by molar-refractivity contribution is 5.98. The van der Waals surface area contributed by atoms with Crippen molar-refractivity contribution in [3.05, 3.63) is 45.6 Å². The number of aliphatic hydroxyl groups excluding tert-OH is 2. The summed E-state index contributed by atoms with van der Waals surface area (Å²) in [4.78, 5) is 79.5. The molecule has 3 heterocycles. The van der Waals surface area contributed by atoms with Gasteiger partial charge in [-0.2, -0.15) is 0 Å². The number of benzene rings is 1. The second kappa shape index (κ2) is 32.3. The van der Waals surface area contributed by atoms with E-state index in [0.717, 1.165) is 0 Å². The first-order valence-corrected chi connectivity index (χ1v) is 29.9. The smallest absolute Gasteiger partial charge is 0.408 e. The SMILES string of the molecule is CNC1C(O)[C@@H](OC2[C@@H](O)[C@H](O[C@H]3OC(CNC(=O)OC(C)(C)C)CCC3NC(=O)OC(C)(C)C)C(NC(=O)OC(C)(C)C)C[C@H]2NC(=O)OC/C=C(\C)CC(C/C(C)=C/Cc2c(OC)c(C)c3c(c2OCOCCOC)C(=O)OC3)C(=O)O)OC[C@]1(C)O.